The predicted octanol–water partition coefficient (Wildman–Crippen LogP) is 3.85. The third-order valence-corrected chi connectivity index (χ3v) is 5.01. The van der Waals surface area contributed by atoms with Gasteiger partial charge >= 0.3 is 0 Å². The smallest absolute Gasteiger partial charge is 0.263 e. The van der Waals surface area contributed by atoms with Gasteiger partial charge in [-0.1, -0.05) is 34.8 Å². The van der Waals surface area contributed by atoms with Crippen molar-refractivity contribution in [3.05, 3.63) is 44.8 Å². The zero-order valence-electron chi connectivity index (χ0n) is 11.0. The van der Waals surface area contributed by atoms with Gasteiger partial charge in [-0.15, -0.1) is 0 Å². The molecule has 0 unspecified atom stereocenters. The van der Waals surface area contributed by atoms with Crippen LogP contribution >= 0.6 is 34.8 Å². The maximum Gasteiger partial charge on any atom is 0.264 e. The molecule has 112 valence electrons. The van der Waals surface area contributed by atoms with Crippen LogP contribution in [0.2, 0.25) is 15.1 Å². The van der Waals surface area contributed by atoms with Crippen molar-refractivity contribution in [1.29, 1.82) is 0 Å². The minimum Gasteiger partial charge on any atom is -0.263 e. The molecule has 9 heteroatoms. The summed E-state index contributed by atoms with van der Waals surface area (Å²) >= 11 is 17.5. The molecule has 0 aliphatic carbocycles. The fraction of sp³-hybridized carbons (Fsp3) is 0.167. The largest absolute Gasteiger partial charge is 0.264 e. The number of hydrogen-bond acceptors (Lipinski definition) is 4. The summed E-state index contributed by atoms with van der Waals surface area (Å²) in [5.74, 6) is 0.607. The SMILES string of the molecule is Cc1cc(NS(=O)(=O)c2cc(Cl)c(Cl)cc2Cl)nc(C)n1. The highest BCUT2D eigenvalue weighted by Crippen LogP contribution is 2.32. The van der Waals surface area contributed by atoms with Gasteiger partial charge < -0.3 is 0 Å². The lowest BCUT2D eigenvalue weighted by atomic mass is 10.4. The van der Waals surface area contributed by atoms with E-state index in [-0.39, 0.29) is 25.8 Å². The first-order valence-electron chi connectivity index (χ1n) is 5.69. The van der Waals surface area contributed by atoms with Crippen molar-refractivity contribution < 1.29 is 8.42 Å². The van der Waals surface area contributed by atoms with Crippen molar-refractivity contribution in [3.8, 4) is 0 Å². The second-order valence-corrected chi connectivity index (χ2v) is 7.12. The Morgan fingerprint density at radius 3 is 2.19 bits per heavy atom. The highest BCUT2D eigenvalue weighted by Gasteiger charge is 2.21. The fourth-order valence-electron chi connectivity index (χ4n) is 1.67. The molecule has 1 aromatic heterocycles. The lowest BCUT2D eigenvalue weighted by Gasteiger charge is -2.10. The van der Waals surface area contributed by atoms with E-state index >= 15 is 0 Å². The molecule has 0 amide bonds. The predicted molar refractivity (Wildman–Crippen MR) is 83.8 cm³/mol. The number of nitrogens with one attached hydrogen (secondary N) is 1. The summed E-state index contributed by atoms with van der Waals surface area (Å²) in [6.07, 6.45) is 0. The Morgan fingerprint density at radius 2 is 1.57 bits per heavy atom. The van der Waals surface area contributed by atoms with Crippen molar-refractivity contribution in [2.24, 2.45) is 0 Å². The van der Waals surface area contributed by atoms with Gasteiger partial charge in [0.1, 0.15) is 16.5 Å². The van der Waals surface area contributed by atoms with E-state index in [4.69, 9.17) is 34.8 Å². The van der Waals surface area contributed by atoms with Crippen LogP contribution in [0, 0.1) is 13.8 Å². The van der Waals surface area contributed by atoms with E-state index in [0.29, 0.717) is 11.5 Å². The van der Waals surface area contributed by atoms with Gasteiger partial charge in [0.2, 0.25) is 0 Å². The summed E-state index contributed by atoms with van der Waals surface area (Å²) in [4.78, 5) is 7.91. The minimum atomic E-state index is -3.93. The molecular weight excluding hydrogens is 357 g/mol. The molecule has 0 saturated carbocycles. The first-order valence-corrected chi connectivity index (χ1v) is 8.30. The lowest BCUT2D eigenvalue weighted by Crippen LogP contribution is -2.15. The van der Waals surface area contributed by atoms with Crippen LogP contribution in [0.3, 0.4) is 0 Å². The molecule has 21 heavy (non-hydrogen) atoms. The van der Waals surface area contributed by atoms with E-state index in [1.165, 1.54) is 18.2 Å². The van der Waals surface area contributed by atoms with Crippen molar-refractivity contribution in [1.82, 2.24) is 9.97 Å². The highest BCUT2D eigenvalue weighted by atomic mass is 35.5. The molecule has 1 aromatic carbocycles. The molecule has 0 aliphatic heterocycles. The van der Waals surface area contributed by atoms with Crippen LogP contribution in [-0.4, -0.2) is 18.4 Å². The molecule has 1 N–H and O–H groups in total. The van der Waals surface area contributed by atoms with E-state index in [2.05, 4.69) is 14.7 Å². The average Bonchev–Trinajstić information content (AvgIpc) is 2.31. The van der Waals surface area contributed by atoms with E-state index in [0.717, 1.165) is 0 Å². The number of rotatable bonds is 3. The molecule has 2 aromatic rings. The third kappa shape index (κ3) is 3.77. The molecule has 0 radical (unpaired) electrons. The maximum absolute atomic E-state index is 12.4. The van der Waals surface area contributed by atoms with Gasteiger partial charge in [0.05, 0.1) is 15.1 Å². The van der Waals surface area contributed by atoms with Gasteiger partial charge in [-0.25, -0.2) is 18.4 Å². The zero-order chi connectivity index (χ0) is 15.8. The molecule has 0 atom stereocenters. The van der Waals surface area contributed by atoms with Gasteiger partial charge in [-0.2, -0.15) is 0 Å². The fourth-order valence-corrected chi connectivity index (χ4v) is 3.67. The van der Waals surface area contributed by atoms with Crippen LogP contribution in [0.5, 0.6) is 0 Å². The summed E-state index contributed by atoms with van der Waals surface area (Å²) in [6.45, 7) is 3.40. The molecule has 5 nitrogen and oxygen atoms in total. The summed E-state index contributed by atoms with van der Waals surface area (Å²) in [7, 11) is -3.93. The Labute approximate surface area is 137 Å². The summed E-state index contributed by atoms with van der Waals surface area (Å²) in [5, 5.41) is 0.241. The quantitative estimate of drug-likeness (QED) is 0.837. The van der Waals surface area contributed by atoms with Crippen molar-refractivity contribution >= 4 is 50.6 Å². The number of benzene rings is 1. The van der Waals surface area contributed by atoms with Crippen molar-refractivity contribution in [3.63, 3.8) is 0 Å². The molecule has 0 aliphatic rings. The average molecular weight is 367 g/mol. The summed E-state index contributed by atoms with van der Waals surface area (Å²) in [5.41, 5.74) is 0.639. The number of nitrogens with zero attached hydrogens (tertiary/aromatic N) is 2. The monoisotopic (exact) mass is 365 g/mol. The first-order chi connectivity index (χ1) is 9.69. The molecule has 0 spiro atoms. The number of halogens is 3. The van der Waals surface area contributed by atoms with Gasteiger partial charge in [-0.05, 0) is 26.0 Å². The Bertz CT molecular complexity index is 789. The normalized spacial score (nSPS) is 11.5. The maximum atomic E-state index is 12.4. The van der Waals surface area contributed by atoms with Gasteiger partial charge in [0.25, 0.3) is 10.0 Å². The van der Waals surface area contributed by atoms with Gasteiger partial charge in [0, 0.05) is 11.8 Å². The highest BCUT2D eigenvalue weighted by molar-refractivity contribution is 7.92. The van der Waals surface area contributed by atoms with Crippen LogP contribution in [0.15, 0.2) is 23.1 Å². The standard InChI is InChI=1S/C12H10Cl3N3O2S/c1-6-3-12(17-7(2)16-6)18-21(19,20)11-5-9(14)8(13)4-10(11)15/h3-5H,1-2H3,(H,16,17,18). The Hall–Kier alpha value is -1.08. The van der Waals surface area contributed by atoms with E-state index in [9.17, 15) is 8.42 Å². The first kappa shape index (κ1) is 16.3. The Kier molecular flexibility index (Phi) is 4.63. The summed E-state index contributed by atoms with van der Waals surface area (Å²) < 4.78 is 27.0. The molecule has 2 rings (SSSR count). The van der Waals surface area contributed by atoms with Crippen LogP contribution in [0.25, 0.3) is 0 Å². The van der Waals surface area contributed by atoms with E-state index < -0.39 is 10.0 Å². The van der Waals surface area contributed by atoms with Crippen molar-refractivity contribution in [2.75, 3.05) is 4.72 Å². The number of sulfonamides is 1. The zero-order valence-corrected chi connectivity index (χ0v) is 14.1. The van der Waals surface area contributed by atoms with Crippen molar-refractivity contribution in [2.45, 2.75) is 18.7 Å². The van der Waals surface area contributed by atoms with E-state index in [1.807, 2.05) is 0 Å². The lowest BCUT2D eigenvalue weighted by molar-refractivity contribution is 0.601. The Balaban J connectivity index is 2.45. The number of hydrogen-bond donors (Lipinski definition) is 1. The Morgan fingerprint density at radius 1 is 0.952 bits per heavy atom. The van der Waals surface area contributed by atoms with Gasteiger partial charge in [0.15, 0.2) is 0 Å². The number of aryl methyl sites for hydroxylation is 2. The topological polar surface area (TPSA) is 72.0 Å². The van der Waals surface area contributed by atoms with Crippen LogP contribution in [0.1, 0.15) is 11.5 Å². The minimum absolute atomic E-state index is 0.0283. The van der Waals surface area contributed by atoms with Gasteiger partial charge in [-0.3, -0.25) is 4.72 Å². The third-order valence-electron chi connectivity index (χ3n) is 2.47. The van der Waals surface area contributed by atoms with Crippen LogP contribution in [0.4, 0.5) is 5.82 Å². The molecular formula is C12H10Cl3N3O2S. The second kappa shape index (κ2) is 5.96. The molecule has 0 fully saturated rings. The number of aromatic nitrogens is 2. The number of anilines is 1. The summed E-state index contributed by atoms with van der Waals surface area (Å²) in [6, 6.07) is 3.97. The van der Waals surface area contributed by atoms with Crippen LogP contribution < -0.4 is 4.72 Å². The molecule has 1 heterocycles. The van der Waals surface area contributed by atoms with Crippen LogP contribution in [-0.2, 0) is 10.0 Å². The molecule has 0 saturated heterocycles. The van der Waals surface area contributed by atoms with E-state index in [1.54, 1.807) is 13.8 Å². The second-order valence-electron chi connectivity index (χ2n) is 4.24. The molecule has 0 bridgehead atoms.